The van der Waals surface area contributed by atoms with E-state index in [2.05, 4.69) is 16.6 Å². The number of hydrogen-bond acceptors (Lipinski definition) is 3. The highest BCUT2D eigenvalue weighted by Crippen LogP contribution is 1.97. The second-order valence-corrected chi connectivity index (χ2v) is 2.58. The van der Waals surface area contributed by atoms with Gasteiger partial charge in [0.05, 0.1) is 12.9 Å². The van der Waals surface area contributed by atoms with Gasteiger partial charge in [-0.25, -0.2) is 4.99 Å². The Balaban J connectivity index is 2.58. The van der Waals surface area contributed by atoms with Crippen molar-refractivity contribution in [3.05, 3.63) is 12.3 Å². The van der Waals surface area contributed by atoms with Crippen molar-refractivity contribution >= 4 is 12.6 Å². The second kappa shape index (κ2) is 3.91. The van der Waals surface area contributed by atoms with Crippen LogP contribution in [0.4, 0.5) is 0 Å². The van der Waals surface area contributed by atoms with Crippen LogP contribution in [0.5, 0.6) is 0 Å². The average molecular weight is 151 g/mol. The minimum absolute atomic E-state index is 0.768. The molecule has 0 radical (unpaired) electrons. The van der Waals surface area contributed by atoms with Gasteiger partial charge < -0.3 is 4.90 Å². The molecule has 0 aromatic heterocycles. The first-order valence-corrected chi connectivity index (χ1v) is 3.69. The molecule has 1 aliphatic heterocycles. The summed E-state index contributed by atoms with van der Waals surface area (Å²) in [7, 11) is 1.98. The summed E-state index contributed by atoms with van der Waals surface area (Å²) in [5.74, 6) is 0. The number of hydrogen-bond donors (Lipinski definition) is 0. The van der Waals surface area contributed by atoms with Crippen LogP contribution in [-0.2, 0) is 0 Å². The van der Waals surface area contributed by atoms with E-state index in [1.54, 1.807) is 6.34 Å². The van der Waals surface area contributed by atoms with Gasteiger partial charge in [-0.3, -0.25) is 4.99 Å². The van der Waals surface area contributed by atoms with Gasteiger partial charge in [0.1, 0.15) is 0 Å². The molecule has 0 amide bonds. The first-order valence-electron chi connectivity index (χ1n) is 3.69. The molecule has 0 unspecified atom stereocenters. The van der Waals surface area contributed by atoms with Crippen LogP contribution in [-0.4, -0.2) is 37.6 Å². The maximum atomic E-state index is 4.18. The van der Waals surface area contributed by atoms with Gasteiger partial charge in [0.15, 0.2) is 0 Å². The van der Waals surface area contributed by atoms with Crippen LogP contribution < -0.4 is 0 Å². The number of aliphatic imine (C=N–C) groups is 2. The quantitative estimate of drug-likeness (QED) is 0.506. The molecule has 1 aliphatic rings. The highest BCUT2D eigenvalue weighted by atomic mass is 15.1. The summed E-state index contributed by atoms with van der Waals surface area (Å²) in [5.41, 5.74) is 0.863. The van der Waals surface area contributed by atoms with E-state index in [9.17, 15) is 0 Å². The largest absolute Gasteiger partial charge is 0.364 e. The number of allylic oxidation sites excluding steroid dienone is 1. The standard InChI is InChI=1S/C8H13N3/c1-8-3-4-9-5-6-11(2)7-10-8/h4,7H,1,3,5-6H2,2H3. The van der Waals surface area contributed by atoms with Crippen molar-refractivity contribution in [2.45, 2.75) is 6.42 Å². The Morgan fingerprint density at radius 3 is 3.27 bits per heavy atom. The molecular weight excluding hydrogens is 138 g/mol. The summed E-state index contributed by atoms with van der Waals surface area (Å²) >= 11 is 0. The lowest BCUT2D eigenvalue weighted by Gasteiger charge is -2.09. The van der Waals surface area contributed by atoms with Crippen LogP contribution in [0.2, 0.25) is 0 Å². The average Bonchev–Trinajstić information content (AvgIpc) is 2.06. The topological polar surface area (TPSA) is 28.0 Å². The van der Waals surface area contributed by atoms with Crippen molar-refractivity contribution in [3.8, 4) is 0 Å². The van der Waals surface area contributed by atoms with Crippen LogP contribution in [0.15, 0.2) is 22.3 Å². The fourth-order valence-electron chi connectivity index (χ4n) is 0.767. The van der Waals surface area contributed by atoms with Crippen molar-refractivity contribution in [1.82, 2.24) is 4.90 Å². The summed E-state index contributed by atoms with van der Waals surface area (Å²) in [4.78, 5) is 10.3. The molecule has 0 saturated heterocycles. The fourth-order valence-corrected chi connectivity index (χ4v) is 0.767. The molecule has 0 spiro atoms. The highest BCUT2D eigenvalue weighted by molar-refractivity contribution is 5.64. The summed E-state index contributed by atoms with van der Waals surface area (Å²) < 4.78 is 0. The SMILES string of the molecule is C=C1CC=NCCN(C)C=N1. The van der Waals surface area contributed by atoms with E-state index in [4.69, 9.17) is 0 Å². The normalized spacial score (nSPS) is 19.4. The monoisotopic (exact) mass is 151 g/mol. The zero-order valence-electron chi connectivity index (χ0n) is 6.82. The third kappa shape index (κ3) is 2.98. The van der Waals surface area contributed by atoms with E-state index in [-0.39, 0.29) is 0 Å². The molecule has 11 heavy (non-hydrogen) atoms. The minimum atomic E-state index is 0.768. The first kappa shape index (κ1) is 7.98. The fraction of sp³-hybridized carbons (Fsp3) is 0.500. The predicted octanol–water partition coefficient (Wildman–Crippen LogP) is 0.935. The summed E-state index contributed by atoms with van der Waals surface area (Å²) in [6.07, 6.45) is 4.44. The summed E-state index contributed by atoms with van der Waals surface area (Å²) in [6.45, 7) is 5.54. The number of likely N-dealkylation sites (N-methyl/N-ethyl adjacent to an activating group) is 1. The summed E-state index contributed by atoms with van der Waals surface area (Å²) in [5, 5.41) is 0. The zero-order valence-corrected chi connectivity index (χ0v) is 6.82. The molecule has 0 atom stereocenters. The Kier molecular flexibility index (Phi) is 2.83. The van der Waals surface area contributed by atoms with E-state index in [1.165, 1.54) is 0 Å². The van der Waals surface area contributed by atoms with E-state index in [0.29, 0.717) is 0 Å². The predicted molar refractivity (Wildman–Crippen MR) is 48.2 cm³/mol. The van der Waals surface area contributed by atoms with Crippen LogP contribution in [0.3, 0.4) is 0 Å². The van der Waals surface area contributed by atoms with Crippen molar-refractivity contribution in [1.29, 1.82) is 0 Å². The van der Waals surface area contributed by atoms with Crippen LogP contribution in [0.25, 0.3) is 0 Å². The van der Waals surface area contributed by atoms with Crippen LogP contribution >= 0.6 is 0 Å². The number of nitrogens with zero attached hydrogens (tertiary/aromatic N) is 3. The van der Waals surface area contributed by atoms with E-state index >= 15 is 0 Å². The highest BCUT2D eigenvalue weighted by Gasteiger charge is 1.93. The molecule has 0 bridgehead atoms. The van der Waals surface area contributed by atoms with Crippen molar-refractivity contribution in [2.24, 2.45) is 9.98 Å². The molecule has 60 valence electrons. The molecule has 0 aromatic carbocycles. The van der Waals surface area contributed by atoms with Gasteiger partial charge in [0.25, 0.3) is 0 Å². The molecule has 0 saturated carbocycles. The Morgan fingerprint density at radius 1 is 1.64 bits per heavy atom. The lowest BCUT2D eigenvalue weighted by atomic mass is 10.4. The molecule has 1 heterocycles. The van der Waals surface area contributed by atoms with Crippen molar-refractivity contribution in [2.75, 3.05) is 20.1 Å². The van der Waals surface area contributed by atoms with Crippen molar-refractivity contribution in [3.63, 3.8) is 0 Å². The van der Waals surface area contributed by atoms with Gasteiger partial charge in [0, 0.05) is 31.9 Å². The maximum absolute atomic E-state index is 4.18. The Labute approximate surface area is 67.1 Å². The molecule has 3 nitrogen and oxygen atoms in total. The molecule has 3 heteroatoms. The minimum Gasteiger partial charge on any atom is -0.364 e. The van der Waals surface area contributed by atoms with Crippen LogP contribution in [0, 0.1) is 0 Å². The van der Waals surface area contributed by atoms with Gasteiger partial charge in [-0.1, -0.05) is 6.58 Å². The third-order valence-corrected chi connectivity index (χ3v) is 1.48. The van der Waals surface area contributed by atoms with Gasteiger partial charge in [-0.15, -0.1) is 0 Å². The Hall–Kier alpha value is -1.12. The molecule has 0 N–H and O–H groups in total. The smallest absolute Gasteiger partial charge is 0.0906 e. The van der Waals surface area contributed by atoms with E-state index in [0.717, 1.165) is 25.2 Å². The number of rotatable bonds is 0. The van der Waals surface area contributed by atoms with E-state index in [1.807, 2.05) is 18.2 Å². The molecule has 1 rings (SSSR count). The lowest BCUT2D eigenvalue weighted by Crippen LogP contribution is -2.19. The summed E-state index contributed by atoms with van der Waals surface area (Å²) in [6, 6.07) is 0. The Bertz CT molecular complexity index is 194. The van der Waals surface area contributed by atoms with Gasteiger partial charge >= 0.3 is 0 Å². The molecular formula is C8H13N3. The van der Waals surface area contributed by atoms with Gasteiger partial charge in [-0.2, -0.15) is 0 Å². The Morgan fingerprint density at radius 2 is 2.45 bits per heavy atom. The van der Waals surface area contributed by atoms with Crippen molar-refractivity contribution < 1.29 is 0 Å². The maximum Gasteiger partial charge on any atom is 0.0906 e. The second-order valence-electron chi connectivity index (χ2n) is 2.58. The lowest BCUT2D eigenvalue weighted by molar-refractivity contribution is 0.532. The molecule has 0 aliphatic carbocycles. The third-order valence-electron chi connectivity index (χ3n) is 1.48. The molecule has 0 fully saturated rings. The van der Waals surface area contributed by atoms with E-state index < -0.39 is 0 Å². The first-order chi connectivity index (χ1) is 5.29. The zero-order chi connectivity index (χ0) is 8.10. The molecule has 0 aromatic rings. The van der Waals surface area contributed by atoms with Gasteiger partial charge in [0.2, 0.25) is 0 Å². The van der Waals surface area contributed by atoms with Crippen LogP contribution in [0.1, 0.15) is 6.42 Å². The van der Waals surface area contributed by atoms with Gasteiger partial charge in [-0.05, 0) is 0 Å².